The number of nitrogens with zero attached hydrogens (tertiary/aromatic N) is 2. The second-order valence-corrected chi connectivity index (χ2v) is 5.16. The molecular weight excluding hydrogens is 306 g/mol. The minimum absolute atomic E-state index is 0.729. The molecular formula is C14H18BrN3O. The van der Waals surface area contributed by atoms with Crippen LogP contribution in [-0.2, 0) is 13.1 Å². The molecule has 0 radical (unpaired) electrons. The third-order valence-corrected chi connectivity index (χ3v) is 3.35. The molecule has 4 nitrogen and oxygen atoms in total. The minimum atomic E-state index is 0.729. The Kier molecular flexibility index (Phi) is 4.85. The van der Waals surface area contributed by atoms with Crippen molar-refractivity contribution in [3.63, 3.8) is 0 Å². The first-order chi connectivity index (χ1) is 9.24. The standard InChI is InChI=1S/C14H18BrN3O/c1-3-8-18-12(6-7-17-18)10-16-13-9-11(15)4-5-14(13)19-2/h4-7,9,16H,3,8,10H2,1-2H3. The third-order valence-electron chi connectivity index (χ3n) is 2.86. The van der Waals surface area contributed by atoms with Crippen LogP contribution >= 0.6 is 15.9 Å². The Morgan fingerprint density at radius 3 is 2.95 bits per heavy atom. The van der Waals surface area contributed by atoms with Gasteiger partial charge in [0, 0.05) is 17.2 Å². The van der Waals surface area contributed by atoms with Crippen molar-refractivity contribution in [1.29, 1.82) is 0 Å². The van der Waals surface area contributed by atoms with Crippen molar-refractivity contribution in [2.24, 2.45) is 0 Å². The Morgan fingerprint density at radius 1 is 1.37 bits per heavy atom. The second-order valence-electron chi connectivity index (χ2n) is 4.24. The highest BCUT2D eigenvalue weighted by molar-refractivity contribution is 9.10. The number of halogens is 1. The number of rotatable bonds is 6. The first-order valence-corrected chi connectivity index (χ1v) is 7.12. The molecule has 0 aliphatic carbocycles. The van der Waals surface area contributed by atoms with E-state index >= 15 is 0 Å². The van der Waals surface area contributed by atoms with Crippen molar-refractivity contribution in [2.45, 2.75) is 26.4 Å². The van der Waals surface area contributed by atoms with Crippen molar-refractivity contribution in [2.75, 3.05) is 12.4 Å². The van der Waals surface area contributed by atoms with E-state index in [1.165, 1.54) is 5.69 Å². The normalized spacial score (nSPS) is 10.5. The zero-order chi connectivity index (χ0) is 13.7. The van der Waals surface area contributed by atoms with Crippen LogP contribution in [0.2, 0.25) is 0 Å². The molecule has 2 rings (SSSR count). The lowest BCUT2D eigenvalue weighted by Crippen LogP contribution is -2.09. The Bertz CT molecular complexity index is 539. The summed E-state index contributed by atoms with van der Waals surface area (Å²) in [4.78, 5) is 0. The summed E-state index contributed by atoms with van der Waals surface area (Å²) < 4.78 is 8.39. The van der Waals surface area contributed by atoms with E-state index in [1.54, 1.807) is 7.11 Å². The number of anilines is 1. The van der Waals surface area contributed by atoms with Crippen LogP contribution in [0.4, 0.5) is 5.69 Å². The van der Waals surface area contributed by atoms with Gasteiger partial charge in [0.2, 0.25) is 0 Å². The molecule has 0 aliphatic heterocycles. The predicted octanol–water partition coefficient (Wildman–Crippen LogP) is 3.68. The van der Waals surface area contributed by atoms with Gasteiger partial charge in [-0.05, 0) is 30.7 Å². The number of hydrogen-bond donors (Lipinski definition) is 1. The first kappa shape index (κ1) is 13.9. The SMILES string of the molecule is CCCn1nccc1CNc1cc(Br)ccc1OC. The molecule has 0 spiro atoms. The molecule has 0 atom stereocenters. The number of ether oxygens (including phenoxy) is 1. The fraction of sp³-hybridized carbons (Fsp3) is 0.357. The van der Waals surface area contributed by atoms with Gasteiger partial charge in [0.1, 0.15) is 5.75 Å². The molecule has 1 heterocycles. The highest BCUT2D eigenvalue weighted by Crippen LogP contribution is 2.28. The summed E-state index contributed by atoms with van der Waals surface area (Å²) in [5.41, 5.74) is 2.14. The predicted molar refractivity (Wildman–Crippen MR) is 80.5 cm³/mol. The topological polar surface area (TPSA) is 39.1 Å². The van der Waals surface area contributed by atoms with Crippen LogP contribution < -0.4 is 10.1 Å². The summed E-state index contributed by atoms with van der Waals surface area (Å²) in [7, 11) is 1.68. The molecule has 0 bridgehead atoms. The molecule has 0 unspecified atom stereocenters. The molecule has 0 amide bonds. The van der Waals surface area contributed by atoms with Crippen LogP contribution in [0.15, 0.2) is 34.9 Å². The zero-order valence-corrected chi connectivity index (χ0v) is 12.8. The van der Waals surface area contributed by atoms with Gasteiger partial charge in [-0.1, -0.05) is 22.9 Å². The van der Waals surface area contributed by atoms with Crippen LogP contribution in [0.5, 0.6) is 5.75 Å². The summed E-state index contributed by atoms with van der Waals surface area (Å²) in [6, 6.07) is 7.95. The summed E-state index contributed by atoms with van der Waals surface area (Å²) in [6.45, 7) is 3.82. The van der Waals surface area contributed by atoms with E-state index in [0.717, 1.165) is 35.4 Å². The Labute approximate surface area is 121 Å². The largest absolute Gasteiger partial charge is 0.495 e. The molecule has 0 fully saturated rings. The summed E-state index contributed by atoms with van der Waals surface area (Å²) in [6.07, 6.45) is 2.92. The van der Waals surface area contributed by atoms with E-state index in [4.69, 9.17) is 4.74 Å². The monoisotopic (exact) mass is 323 g/mol. The highest BCUT2D eigenvalue weighted by atomic mass is 79.9. The molecule has 1 aromatic carbocycles. The average molecular weight is 324 g/mol. The lowest BCUT2D eigenvalue weighted by molar-refractivity contribution is 0.416. The van der Waals surface area contributed by atoms with Crippen molar-refractivity contribution < 1.29 is 4.74 Å². The highest BCUT2D eigenvalue weighted by Gasteiger charge is 2.05. The molecule has 19 heavy (non-hydrogen) atoms. The van der Waals surface area contributed by atoms with Gasteiger partial charge in [-0.3, -0.25) is 4.68 Å². The lowest BCUT2D eigenvalue weighted by atomic mass is 10.3. The maximum atomic E-state index is 5.34. The fourth-order valence-corrected chi connectivity index (χ4v) is 2.29. The van der Waals surface area contributed by atoms with E-state index < -0.39 is 0 Å². The van der Waals surface area contributed by atoms with E-state index in [1.807, 2.05) is 35.1 Å². The molecule has 5 heteroatoms. The molecule has 0 saturated carbocycles. The van der Waals surface area contributed by atoms with E-state index in [9.17, 15) is 0 Å². The number of hydrogen-bond acceptors (Lipinski definition) is 3. The summed E-state index contributed by atoms with van der Waals surface area (Å²) >= 11 is 3.47. The van der Waals surface area contributed by atoms with Crippen molar-refractivity contribution in [3.8, 4) is 5.75 Å². The second kappa shape index (κ2) is 6.61. The molecule has 1 N–H and O–H groups in total. The van der Waals surface area contributed by atoms with Crippen LogP contribution in [0, 0.1) is 0 Å². The smallest absolute Gasteiger partial charge is 0.142 e. The minimum Gasteiger partial charge on any atom is -0.495 e. The van der Waals surface area contributed by atoms with Gasteiger partial charge in [0.25, 0.3) is 0 Å². The van der Waals surface area contributed by atoms with E-state index in [2.05, 4.69) is 33.3 Å². The number of aryl methyl sites for hydroxylation is 1. The van der Waals surface area contributed by atoms with Crippen LogP contribution in [0.25, 0.3) is 0 Å². The van der Waals surface area contributed by atoms with Crippen molar-refractivity contribution in [1.82, 2.24) is 9.78 Å². The quantitative estimate of drug-likeness (QED) is 0.881. The maximum Gasteiger partial charge on any atom is 0.142 e. The molecule has 102 valence electrons. The molecule has 1 aromatic heterocycles. The number of nitrogens with one attached hydrogen (secondary N) is 1. The zero-order valence-electron chi connectivity index (χ0n) is 11.2. The molecule has 2 aromatic rings. The number of methoxy groups -OCH3 is 1. The number of aromatic nitrogens is 2. The fourth-order valence-electron chi connectivity index (χ4n) is 1.93. The summed E-state index contributed by atoms with van der Waals surface area (Å²) in [5, 5.41) is 7.70. The van der Waals surface area contributed by atoms with Crippen LogP contribution in [-0.4, -0.2) is 16.9 Å². The van der Waals surface area contributed by atoms with E-state index in [-0.39, 0.29) is 0 Å². The van der Waals surface area contributed by atoms with Crippen molar-refractivity contribution in [3.05, 3.63) is 40.6 Å². The van der Waals surface area contributed by atoms with Gasteiger partial charge in [0.05, 0.1) is 25.0 Å². The Morgan fingerprint density at radius 2 is 2.21 bits per heavy atom. The van der Waals surface area contributed by atoms with Crippen LogP contribution in [0.1, 0.15) is 19.0 Å². The lowest BCUT2D eigenvalue weighted by Gasteiger charge is -2.12. The maximum absolute atomic E-state index is 5.34. The van der Waals surface area contributed by atoms with Gasteiger partial charge in [-0.25, -0.2) is 0 Å². The molecule has 0 saturated heterocycles. The molecule has 0 aliphatic rings. The first-order valence-electron chi connectivity index (χ1n) is 6.32. The van der Waals surface area contributed by atoms with Crippen molar-refractivity contribution >= 4 is 21.6 Å². The third kappa shape index (κ3) is 3.50. The Balaban J connectivity index is 2.09. The van der Waals surface area contributed by atoms with Gasteiger partial charge in [-0.2, -0.15) is 5.10 Å². The van der Waals surface area contributed by atoms with E-state index in [0.29, 0.717) is 0 Å². The number of benzene rings is 1. The van der Waals surface area contributed by atoms with Gasteiger partial charge in [-0.15, -0.1) is 0 Å². The van der Waals surface area contributed by atoms with Gasteiger partial charge < -0.3 is 10.1 Å². The van der Waals surface area contributed by atoms with Gasteiger partial charge in [0.15, 0.2) is 0 Å². The van der Waals surface area contributed by atoms with Gasteiger partial charge >= 0.3 is 0 Å². The Hall–Kier alpha value is -1.49. The summed E-state index contributed by atoms with van der Waals surface area (Å²) in [5.74, 6) is 0.838. The average Bonchev–Trinajstić information content (AvgIpc) is 2.84. The van der Waals surface area contributed by atoms with Crippen LogP contribution in [0.3, 0.4) is 0 Å².